The summed E-state index contributed by atoms with van der Waals surface area (Å²) in [4.78, 5) is 22.6. The molecule has 0 saturated heterocycles. The van der Waals surface area contributed by atoms with E-state index in [1.165, 1.54) is 16.9 Å². The molecule has 0 aliphatic rings. The van der Waals surface area contributed by atoms with Crippen molar-refractivity contribution in [1.29, 1.82) is 0 Å². The number of benzene rings is 1. The van der Waals surface area contributed by atoms with Gasteiger partial charge in [-0.05, 0) is 50.5 Å². The van der Waals surface area contributed by atoms with Crippen LogP contribution in [0.2, 0.25) is 0 Å². The predicted octanol–water partition coefficient (Wildman–Crippen LogP) is 4.15. The van der Waals surface area contributed by atoms with Gasteiger partial charge in [0.25, 0.3) is 0 Å². The number of hydrogen-bond donors (Lipinski definition) is 1. The van der Waals surface area contributed by atoms with Gasteiger partial charge in [-0.2, -0.15) is 0 Å². The highest BCUT2D eigenvalue weighted by Crippen LogP contribution is 2.34. The summed E-state index contributed by atoms with van der Waals surface area (Å²) in [6, 6.07) is 8.01. The summed E-state index contributed by atoms with van der Waals surface area (Å²) >= 11 is 1.35. The lowest BCUT2D eigenvalue weighted by atomic mass is 10.1. The van der Waals surface area contributed by atoms with Crippen molar-refractivity contribution in [2.45, 2.75) is 27.2 Å². The van der Waals surface area contributed by atoms with Crippen molar-refractivity contribution >= 4 is 33.3 Å². The number of aromatic nitrogens is 2. The van der Waals surface area contributed by atoms with Crippen molar-refractivity contribution < 1.29 is 14.3 Å². The van der Waals surface area contributed by atoms with Crippen LogP contribution in [0.25, 0.3) is 10.2 Å². The van der Waals surface area contributed by atoms with Gasteiger partial charge < -0.3 is 14.8 Å². The zero-order valence-corrected chi connectivity index (χ0v) is 16.8. The Morgan fingerprint density at radius 1 is 1.26 bits per heavy atom. The van der Waals surface area contributed by atoms with Crippen LogP contribution in [0.15, 0.2) is 24.3 Å². The topological polar surface area (TPSA) is 73.3 Å². The Morgan fingerprint density at radius 2 is 2.07 bits per heavy atom. The van der Waals surface area contributed by atoms with E-state index >= 15 is 0 Å². The number of carbonyl (C=O) groups excluding carboxylic acids is 1. The minimum absolute atomic E-state index is 0.307. The number of anilines is 1. The highest BCUT2D eigenvalue weighted by Gasteiger charge is 2.20. The fourth-order valence-electron chi connectivity index (χ4n) is 2.92. The van der Waals surface area contributed by atoms with Crippen LogP contribution in [0.1, 0.15) is 33.5 Å². The molecule has 1 aromatic carbocycles. The molecule has 3 aromatic rings. The van der Waals surface area contributed by atoms with Crippen LogP contribution < -0.4 is 10.1 Å². The number of hydrogen-bond acceptors (Lipinski definition) is 7. The van der Waals surface area contributed by atoms with Crippen LogP contribution in [0.5, 0.6) is 5.75 Å². The Labute approximate surface area is 162 Å². The van der Waals surface area contributed by atoms with Crippen molar-refractivity contribution in [2.75, 3.05) is 25.6 Å². The summed E-state index contributed by atoms with van der Waals surface area (Å²) in [5.74, 6) is 1.96. The first-order valence-corrected chi connectivity index (χ1v) is 9.66. The number of methoxy groups -OCH3 is 1. The molecule has 6 nitrogen and oxygen atoms in total. The van der Waals surface area contributed by atoms with E-state index in [-0.39, 0.29) is 5.97 Å². The molecule has 142 valence electrons. The average Bonchev–Trinajstić information content (AvgIpc) is 2.98. The molecule has 0 spiro atoms. The first-order chi connectivity index (χ1) is 13.0. The van der Waals surface area contributed by atoms with Crippen LogP contribution >= 0.6 is 11.3 Å². The van der Waals surface area contributed by atoms with E-state index in [4.69, 9.17) is 9.47 Å². The zero-order valence-electron chi connectivity index (χ0n) is 16.0. The van der Waals surface area contributed by atoms with Crippen molar-refractivity contribution in [3.05, 3.63) is 46.1 Å². The standard InChI is InChI=1S/C20H23N3O3S/c1-5-26-20(24)17-12(2)16-18(22-13(3)23-19(16)27-17)21-10-9-14-7-6-8-15(11-14)25-4/h6-8,11H,5,9-10H2,1-4H3,(H,21,22,23). The SMILES string of the molecule is CCOC(=O)c1sc2nc(C)nc(NCCc3cccc(OC)c3)c2c1C. The minimum atomic E-state index is -0.307. The maximum atomic E-state index is 12.2. The highest BCUT2D eigenvalue weighted by molar-refractivity contribution is 7.20. The lowest BCUT2D eigenvalue weighted by Gasteiger charge is -2.09. The van der Waals surface area contributed by atoms with Crippen molar-refractivity contribution in [3.63, 3.8) is 0 Å². The number of nitrogens with one attached hydrogen (secondary N) is 1. The van der Waals surface area contributed by atoms with E-state index in [9.17, 15) is 4.79 Å². The van der Waals surface area contributed by atoms with Gasteiger partial charge in [0.2, 0.25) is 0 Å². The van der Waals surface area contributed by atoms with Gasteiger partial charge in [-0.25, -0.2) is 14.8 Å². The van der Waals surface area contributed by atoms with Crippen LogP contribution in [0.4, 0.5) is 5.82 Å². The molecule has 2 aromatic heterocycles. The molecule has 0 fully saturated rings. The van der Waals surface area contributed by atoms with Gasteiger partial charge in [-0.3, -0.25) is 0 Å². The number of carbonyl (C=O) groups is 1. The zero-order chi connectivity index (χ0) is 19.4. The van der Waals surface area contributed by atoms with Crippen molar-refractivity contribution in [1.82, 2.24) is 9.97 Å². The number of rotatable bonds is 7. The number of aryl methyl sites for hydroxylation is 2. The van der Waals surface area contributed by atoms with Gasteiger partial charge in [0.05, 0.1) is 19.1 Å². The molecule has 1 N–H and O–H groups in total. The van der Waals surface area contributed by atoms with Gasteiger partial charge in [0, 0.05) is 6.54 Å². The summed E-state index contributed by atoms with van der Waals surface area (Å²) < 4.78 is 10.4. The lowest BCUT2D eigenvalue weighted by Crippen LogP contribution is -2.08. The Hall–Kier alpha value is -2.67. The second-order valence-corrected chi connectivity index (χ2v) is 7.10. The molecule has 0 aliphatic heterocycles. The number of ether oxygens (including phenoxy) is 2. The molecule has 0 aliphatic carbocycles. The van der Waals surface area contributed by atoms with E-state index in [0.717, 1.165) is 33.8 Å². The molecule has 0 radical (unpaired) electrons. The summed E-state index contributed by atoms with van der Waals surface area (Å²) in [6.07, 6.45) is 0.829. The van der Waals surface area contributed by atoms with E-state index in [2.05, 4.69) is 21.4 Å². The third-order valence-electron chi connectivity index (χ3n) is 4.20. The van der Waals surface area contributed by atoms with Crippen LogP contribution in [-0.2, 0) is 11.2 Å². The van der Waals surface area contributed by atoms with Crippen LogP contribution in [-0.4, -0.2) is 36.2 Å². The molecule has 2 heterocycles. The maximum Gasteiger partial charge on any atom is 0.348 e. The normalized spacial score (nSPS) is 10.8. The molecule has 27 heavy (non-hydrogen) atoms. The number of nitrogens with zero attached hydrogens (tertiary/aromatic N) is 2. The Bertz CT molecular complexity index is 969. The van der Waals surface area contributed by atoms with Crippen molar-refractivity contribution in [2.24, 2.45) is 0 Å². The quantitative estimate of drug-likeness (QED) is 0.616. The fourth-order valence-corrected chi connectivity index (χ4v) is 4.04. The van der Waals surface area contributed by atoms with Crippen molar-refractivity contribution in [3.8, 4) is 5.75 Å². The van der Waals surface area contributed by atoms with E-state index in [1.807, 2.05) is 32.0 Å². The van der Waals surface area contributed by atoms with Crippen LogP contribution in [0, 0.1) is 13.8 Å². The van der Waals surface area contributed by atoms with Crippen LogP contribution in [0.3, 0.4) is 0 Å². The summed E-state index contributed by atoms with van der Waals surface area (Å²) in [5.41, 5.74) is 2.04. The largest absolute Gasteiger partial charge is 0.497 e. The van der Waals surface area contributed by atoms with Gasteiger partial charge in [-0.15, -0.1) is 11.3 Å². The van der Waals surface area contributed by atoms with Gasteiger partial charge >= 0.3 is 5.97 Å². The summed E-state index contributed by atoms with van der Waals surface area (Å²) in [5, 5.41) is 4.29. The second kappa shape index (κ2) is 8.35. The molecule has 0 atom stereocenters. The second-order valence-electron chi connectivity index (χ2n) is 6.10. The third-order valence-corrected chi connectivity index (χ3v) is 5.37. The molecule has 3 rings (SSSR count). The first-order valence-electron chi connectivity index (χ1n) is 8.85. The maximum absolute atomic E-state index is 12.2. The Kier molecular flexibility index (Phi) is 5.91. The van der Waals surface area contributed by atoms with Gasteiger partial charge in [0.1, 0.15) is 27.1 Å². The first kappa shape index (κ1) is 19.1. The molecule has 7 heteroatoms. The van der Waals surface area contributed by atoms with E-state index < -0.39 is 0 Å². The smallest absolute Gasteiger partial charge is 0.348 e. The molecule has 0 amide bonds. The number of esters is 1. The number of fused-ring (bicyclic) bond motifs is 1. The minimum Gasteiger partial charge on any atom is -0.497 e. The average molecular weight is 385 g/mol. The Balaban J connectivity index is 1.84. The highest BCUT2D eigenvalue weighted by atomic mass is 32.1. The molecular formula is C20H23N3O3S. The Morgan fingerprint density at radius 3 is 2.81 bits per heavy atom. The van der Waals surface area contributed by atoms with E-state index in [1.54, 1.807) is 14.0 Å². The molecule has 0 bridgehead atoms. The summed E-state index contributed by atoms with van der Waals surface area (Å²) in [7, 11) is 1.66. The lowest BCUT2D eigenvalue weighted by molar-refractivity contribution is 0.0531. The summed E-state index contributed by atoms with van der Waals surface area (Å²) in [6.45, 7) is 6.63. The van der Waals surface area contributed by atoms with Gasteiger partial charge in [-0.1, -0.05) is 12.1 Å². The van der Waals surface area contributed by atoms with Gasteiger partial charge in [0.15, 0.2) is 0 Å². The predicted molar refractivity (Wildman–Crippen MR) is 108 cm³/mol. The third kappa shape index (κ3) is 4.19. The molecular weight excluding hydrogens is 362 g/mol. The van der Waals surface area contributed by atoms with E-state index in [0.29, 0.717) is 23.9 Å². The molecule has 0 saturated carbocycles. The monoisotopic (exact) mass is 385 g/mol. The number of thiophene rings is 1. The fraction of sp³-hybridized carbons (Fsp3) is 0.350. The molecule has 0 unspecified atom stereocenters.